The third-order valence-electron chi connectivity index (χ3n) is 5.94. The first-order chi connectivity index (χ1) is 18.5. The molecule has 2 N–H and O–H groups in total. The van der Waals surface area contributed by atoms with Gasteiger partial charge in [0.2, 0.25) is 0 Å². The van der Waals surface area contributed by atoms with Crippen LogP contribution in [0.5, 0.6) is 11.5 Å². The van der Waals surface area contributed by atoms with E-state index in [1.165, 1.54) is 12.8 Å². The van der Waals surface area contributed by atoms with Crippen molar-refractivity contribution in [3.8, 4) is 35.2 Å². The van der Waals surface area contributed by atoms with Gasteiger partial charge in [0.05, 0.1) is 24.3 Å². The van der Waals surface area contributed by atoms with E-state index in [1.807, 2.05) is 0 Å². The van der Waals surface area contributed by atoms with E-state index in [2.05, 4.69) is 37.5 Å². The second-order valence-corrected chi connectivity index (χ2v) is 9.02. The molecule has 0 spiro atoms. The van der Waals surface area contributed by atoms with Gasteiger partial charge in [-0.25, -0.2) is 9.59 Å². The smallest absolute Gasteiger partial charge is 0.336 e. The van der Waals surface area contributed by atoms with Gasteiger partial charge < -0.3 is 19.7 Å². The Morgan fingerprint density at radius 2 is 1.08 bits per heavy atom. The molecule has 2 aromatic rings. The van der Waals surface area contributed by atoms with Crippen molar-refractivity contribution in [2.24, 2.45) is 0 Å². The molecule has 0 unspecified atom stereocenters. The van der Waals surface area contributed by atoms with Crippen LogP contribution in [0, 0.1) is 23.7 Å². The maximum atomic E-state index is 11.6. The summed E-state index contributed by atoms with van der Waals surface area (Å²) in [6, 6.07) is 9.86. The quantitative estimate of drug-likeness (QED) is 0.188. The summed E-state index contributed by atoms with van der Waals surface area (Å²) in [6.45, 7) is 5.49. The van der Waals surface area contributed by atoms with E-state index in [0.717, 1.165) is 38.5 Å². The van der Waals surface area contributed by atoms with E-state index < -0.39 is 11.9 Å². The van der Waals surface area contributed by atoms with Gasteiger partial charge in [-0.3, -0.25) is 0 Å². The first-order valence-corrected chi connectivity index (χ1v) is 13.4. The van der Waals surface area contributed by atoms with Crippen molar-refractivity contribution in [1.29, 1.82) is 0 Å². The number of hydrogen-bond donors (Lipinski definition) is 2. The number of ether oxygens (including phenoxy) is 2. The van der Waals surface area contributed by atoms with Crippen molar-refractivity contribution in [3.63, 3.8) is 0 Å². The third-order valence-corrected chi connectivity index (χ3v) is 5.94. The number of benzene rings is 2. The Morgan fingerprint density at radius 1 is 0.658 bits per heavy atom. The summed E-state index contributed by atoms with van der Waals surface area (Å²) in [4.78, 5) is 23.2. The molecule has 6 nitrogen and oxygen atoms in total. The van der Waals surface area contributed by atoms with Crippen LogP contribution >= 0.6 is 0 Å². The zero-order chi connectivity index (χ0) is 27.6. The molecule has 0 saturated carbocycles. The summed E-state index contributed by atoms with van der Waals surface area (Å²) in [6.07, 6.45) is 9.18. The summed E-state index contributed by atoms with van der Waals surface area (Å²) in [5.74, 6) is 10.5. The van der Waals surface area contributed by atoms with Crippen molar-refractivity contribution in [1.82, 2.24) is 0 Å². The molecule has 202 valence electrons. The highest BCUT2D eigenvalue weighted by molar-refractivity contribution is 5.90. The molecule has 2 aromatic carbocycles. The molecule has 0 bridgehead atoms. The SMILES string of the molecule is CCCCCCOc1ccc(C(=O)O)c(CC#CC#CCc2cc(OCCCCCC)ccc2C(=O)O)c1. The lowest BCUT2D eigenvalue weighted by Gasteiger charge is -2.09. The fourth-order valence-electron chi connectivity index (χ4n) is 3.83. The zero-order valence-electron chi connectivity index (χ0n) is 22.5. The Labute approximate surface area is 226 Å². The Kier molecular flexibility index (Phi) is 14.0. The molecule has 38 heavy (non-hydrogen) atoms. The number of hydrogen-bond acceptors (Lipinski definition) is 4. The molecule has 0 radical (unpaired) electrons. The fourth-order valence-corrected chi connectivity index (χ4v) is 3.83. The third kappa shape index (κ3) is 11.0. The van der Waals surface area contributed by atoms with Crippen LogP contribution in [0.1, 0.15) is 97.1 Å². The Balaban J connectivity index is 2.02. The van der Waals surface area contributed by atoms with Crippen LogP contribution in [0.3, 0.4) is 0 Å². The molecule has 6 heteroatoms. The minimum atomic E-state index is -1.02. The monoisotopic (exact) mass is 518 g/mol. The van der Waals surface area contributed by atoms with Gasteiger partial charge in [0.1, 0.15) is 11.5 Å². The van der Waals surface area contributed by atoms with E-state index in [0.29, 0.717) is 35.8 Å². The van der Waals surface area contributed by atoms with Crippen molar-refractivity contribution < 1.29 is 29.3 Å². The highest BCUT2D eigenvalue weighted by Gasteiger charge is 2.11. The van der Waals surface area contributed by atoms with Gasteiger partial charge in [-0.1, -0.05) is 64.2 Å². The first-order valence-electron chi connectivity index (χ1n) is 13.4. The van der Waals surface area contributed by atoms with Crippen LogP contribution in [0.4, 0.5) is 0 Å². The molecule has 0 aliphatic carbocycles. The van der Waals surface area contributed by atoms with Gasteiger partial charge >= 0.3 is 11.9 Å². The molecule has 0 atom stereocenters. The lowest BCUT2D eigenvalue weighted by Crippen LogP contribution is -2.04. The van der Waals surface area contributed by atoms with Crippen molar-refractivity contribution in [3.05, 3.63) is 58.7 Å². The van der Waals surface area contributed by atoms with E-state index in [9.17, 15) is 19.8 Å². The van der Waals surface area contributed by atoms with Crippen LogP contribution < -0.4 is 9.47 Å². The largest absolute Gasteiger partial charge is 0.494 e. The zero-order valence-corrected chi connectivity index (χ0v) is 22.5. The molecule has 0 amide bonds. The van der Waals surface area contributed by atoms with E-state index >= 15 is 0 Å². The predicted octanol–water partition coefficient (Wildman–Crippen LogP) is 6.79. The average Bonchev–Trinajstić information content (AvgIpc) is 2.90. The number of carboxylic acids is 2. The summed E-state index contributed by atoms with van der Waals surface area (Å²) in [5.41, 5.74) is 1.50. The Morgan fingerprint density at radius 3 is 1.45 bits per heavy atom. The van der Waals surface area contributed by atoms with E-state index in [4.69, 9.17) is 9.47 Å². The van der Waals surface area contributed by atoms with Gasteiger partial charge in [0.25, 0.3) is 0 Å². The number of rotatable bonds is 16. The molecular weight excluding hydrogens is 480 g/mol. The topological polar surface area (TPSA) is 93.1 Å². The maximum Gasteiger partial charge on any atom is 0.336 e. The lowest BCUT2D eigenvalue weighted by atomic mass is 10.0. The summed E-state index contributed by atoms with van der Waals surface area (Å²) in [7, 11) is 0. The minimum Gasteiger partial charge on any atom is -0.494 e. The van der Waals surface area contributed by atoms with Gasteiger partial charge in [-0.05, 0) is 72.2 Å². The molecule has 0 heterocycles. The number of unbranched alkanes of at least 4 members (excludes halogenated alkanes) is 6. The minimum absolute atomic E-state index is 0.184. The summed E-state index contributed by atoms with van der Waals surface area (Å²) >= 11 is 0. The second-order valence-electron chi connectivity index (χ2n) is 9.02. The molecular formula is C32H38O6. The second kappa shape index (κ2) is 17.5. The average molecular weight is 519 g/mol. The molecule has 0 aromatic heterocycles. The normalized spacial score (nSPS) is 10.1. The summed E-state index contributed by atoms with van der Waals surface area (Å²) in [5, 5.41) is 19.0. The van der Waals surface area contributed by atoms with Gasteiger partial charge in [0, 0.05) is 12.8 Å². The van der Waals surface area contributed by atoms with Crippen molar-refractivity contribution in [2.45, 2.75) is 78.1 Å². The molecule has 0 aliphatic heterocycles. The molecule has 2 rings (SSSR count). The summed E-state index contributed by atoms with van der Waals surface area (Å²) < 4.78 is 11.6. The van der Waals surface area contributed by atoms with Crippen molar-refractivity contribution in [2.75, 3.05) is 13.2 Å². The highest BCUT2D eigenvalue weighted by Crippen LogP contribution is 2.20. The van der Waals surface area contributed by atoms with Gasteiger partial charge in [-0.2, -0.15) is 0 Å². The Bertz CT molecular complexity index is 1080. The highest BCUT2D eigenvalue weighted by atomic mass is 16.5. The van der Waals surface area contributed by atoms with Crippen LogP contribution in [0.15, 0.2) is 36.4 Å². The van der Waals surface area contributed by atoms with Gasteiger partial charge in [0.15, 0.2) is 0 Å². The fraction of sp³-hybridized carbons (Fsp3) is 0.438. The molecule has 0 aliphatic rings. The van der Waals surface area contributed by atoms with E-state index in [-0.39, 0.29) is 24.0 Å². The van der Waals surface area contributed by atoms with Crippen LogP contribution in [0.2, 0.25) is 0 Å². The maximum absolute atomic E-state index is 11.6. The first kappa shape index (κ1) is 30.3. The predicted molar refractivity (Wildman–Crippen MR) is 149 cm³/mol. The number of aromatic carboxylic acids is 2. The standard InChI is InChI=1S/C32H38O6/c1-3-5-7-13-21-37-27-17-19-29(31(33)34)25(23-27)15-11-9-10-12-16-26-24-28(18-20-30(26)32(35)36)38-22-14-8-6-4-2/h17-20,23-24H,3-8,13-16,21-22H2,1-2H3,(H,33,34)(H,35,36). The number of carboxylic acid groups (broad SMARTS) is 2. The van der Waals surface area contributed by atoms with Crippen molar-refractivity contribution >= 4 is 11.9 Å². The van der Waals surface area contributed by atoms with Crippen LogP contribution in [-0.2, 0) is 12.8 Å². The Hall–Kier alpha value is -3.90. The van der Waals surface area contributed by atoms with Gasteiger partial charge in [-0.15, -0.1) is 0 Å². The van der Waals surface area contributed by atoms with E-state index in [1.54, 1.807) is 36.4 Å². The molecule has 0 saturated heterocycles. The van der Waals surface area contributed by atoms with Crippen LogP contribution in [-0.4, -0.2) is 35.4 Å². The molecule has 0 fully saturated rings. The number of carbonyl (C=O) groups is 2. The lowest BCUT2D eigenvalue weighted by molar-refractivity contribution is 0.0685. The van der Waals surface area contributed by atoms with Crippen LogP contribution in [0.25, 0.3) is 0 Å².